The van der Waals surface area contributed by atoms with Gasteiger partial charge in [-0.05, 0) is 25.0 Å². The van der Waals surface area contributed by atoms with E-state index in [9.17, 15) is 0 Å². The van der Waals surface area contributed by atoms with Gasteiger partial charge in [0.2, 0.25) is 5.89 Å². The summed E-state index contributed by atoms with van der Waals surface area (Å²) in [7, 11) is 3.28. The number of ether oxygens (including phenoxy) is 2. The van der Waals surface area contributed by atoms with Crippen molar-refractivity contribution in [2.24, 2.45) is 0 Å². The Labute approximate surface area is 172 Å². The van der Waals surface area contributed by atoms with Gasteiger partial charge in [0.25, 0.3) is 5.22 Å². The third kappa shape index (κ3) is 4.17. The van der Waals surface area contributed by atoms with Crippen molar-refractivity contribution in [2.75, 3.05) is 14.2 Å². The number of aromatic nitrogens is 3. The molecule has 0 aliphatic heterocycles. The van der Waals surface area contributed by atoms with Gasteiger partial charge in [-0.15, -0.1) is 21.5 Å². The summed E-state index contributed by atoms with van der Waals surface area (Å²) in [6, 6.07) is 5.81. The molecule has 2 aromatic heterocycles. The molecule has 0 spiro atoms. The molecule has 6 nitrogen and oxygen atoms in total. The van der Waals surface area contributed by atoms with E-state index in [4.69, 9.17) is 18.9 Å². The Balaban J connectivity index is 1.43. The van der Waals surface area contributed by atoms with Crippen LogP contribution >= 0.6 is 23.1 Å². The lowest BCUT2D eigenvalue weighted by atomic mass is 9.89. The maximum absolute atomic E-state index is 5.88. The van der Waals surface area contributed by atoms with Crippen molar-refractivity contribution in [2.45, 2.75) is 49.0 Å². The molecule has 4 rings (SSSR count). The molecule has 0 atom stereocenters. The summed E-state index contributed by atoms with van der Waals surface area (Å²) in [6.07, 6.45) is 6.14. The van der Waals surface area contributed by atoms with Crippen molar-refractivity contribution in [3.05, 3.63) is 35.2 Å². The van der Waals surface area contributed by atoms with E-state index in [1.807, 2.05) is 18.2 Å². The van der Waals surface area contributed by atoms with Crippen LogP contribution in [-0.4, -0.2) is 29.4 Å². The molecular weight excluding hydrogens is 394 g/mol. The Morgan fingerprint density at radius 2 is 2.00 bits per heavy atom. The number of benzene rings is 1. The smallest absolute Gasteiger partial charge is 0.276 e. The molecule has 0 bridgehead atoms. The predicted molar refractivity (Wildman–Crippen MR) is 110 cm³/mol. The first-order valence-electron chi connectivity index (χ1n) is 9.40. The quantitative estimate of drug-likeness (QED) is 0.467. The molecule has 0 amide bonds. The van der Waals surface area contributed by atoms with E-state index in [0.717, 1.165) is 35.0 Å². The fourth-order valence-corrected chi connectivity index (χ4v) is 5.09. The van der Waals surface area contributed by atoms with Crippen molar-refractivity contribution < 1.29 is 13.9 Å². The van der Waals surface area contributed by atoms with Crippen LogP contribution in [0.2, 0.25) is 0 Å². The molecule has 0 unspecified atom stereocenters. The Bertz CT molecular complexity index is 919. The molecule has 1 aliphatic rings. The lowest BCUT2D eigenvalue weighted by Crippen LogP contribution is -2.04. The maximum Gasteiger partial charge on any atom is 0.276 e. The molecule has 3 aromatic rings. The molecule has 0 radical (unpaired) electrons. The van der Waals surface area contributed by atoms with Gasteiger partial charge in [0.1, 0.15) is 5.01 Å². The second kappa shape index (κ2) is 8.96. The van der Waals surface area contributed by atoms with Crippen molar-refractivity contribution in [1.29, 1.82) is 0 Å². The summed E-state index contributed by atoms with van der Waals surface area (Å²) in [4.78, 5) is 4.75. The summed E-state index contributed by atoms with van der Waals surface area (Å²) in [5.41, 5.74) is 1.91. The molecule has 148 valence electrons. The number of methoxy groups -OCH3 is 2. The molecule has 1 aromatic carbocycles. The monoisotopic (exact) mass is 417 g/mol. The lowest BCUT2D eigenvalue weighted by Gasteiger charge is -2.17. The largest absolute Gasteiger partial charge is 0.493 e. The first kappa shape index (κ1) is 19.3. The number of hydrogen-bond donors (Lipinski definition) is 0. The summed E-state index contributed by atoms with van der Waals surface area (Å²) in [6.45, 7) is 0. The average Bonchev–Trinajstić information content (AvgIpc) is 3.42. The van der Waals surface area contributed by atoms with Crippen molar-refractivity contribution in [3.8, 4) is 22.1 Å². The Morgan fingerprint density at radius 3 is 2.79 bits per heavy atom. The Kier molecular flexibility index (Phi) is 6.17. The van der Waals surface area contributed by atoms with E-state index in [1.54, 1.807) is 25.6 Å². The first-order chi connectivity index (χ1) is 13.8. The van der Waals surface area contributed by atoms with E-state index in [2.05, 4.69) is 15.6 Å². The van der Waals surface area contributed by atoms with Gasteiger partial charge in [-0.2, -0.15) is 0 Å². The van der Waals surface area contributed by atoms with Gasteiger partial charge >= 0.3 is 0 Å². The number of thiazole rings is 1. The number of para-hydroxylation sites is 1. The molecule has 1 saturated carbocycles. The highest BCUT2D eigenvalue weighted by atomic mass is 32.2. The van der Waals surface area contributed by atoms with E-state index in [0.29, 0.717) is 28.4 Å². The normalized spacial score (nSPS) is 14.9. The summed E-state index contributed by atoms with van der Waals surface area (Å²) < 4.78 is 16.8. The number of hydrogen-bond acceptors (Lipinski definition) is 8. The minimum absolute atomic E-state index is 0.432. The molecule has 2 heterocycles. The van der Waals surface area contributed by atoms with Gasteiger partial charge < -0.3 is 13.9 Å². The van der Waals surface area contributed by atoms with E-state index in [1.165, 1.54) is 31.0 Å². The van der Waals surface area contributed by atoms with Gasteiger partial charge in [-0.25, -0.2) is 4.98 Å². The van der Waals surface area contributed by atoms with Crippen LogP contribution in [0.15, 0.2) is 33.2 Å². The zero-order chi connectivity index (χ0) is 19.3. The maximum atomic E-state index is 5.88. The van der Waals surface area contributed by atoms with E-state index in [-0.39, 0.29) is 0 Å². The highest BCUT2D eigenvalue weighted by molar-refractivity contribution is 7.98. The van der Waals surface area contributed by atoms with E-state index < -0.39 is 0 Å². The van der Waals surface area contributed by atoms with Crippen LogP contribution < -0.4 is 9.47 Å². The highest BCUT2D eigenvalue weighted by Crippen LogP contribution is 2.39. The van der Waals surface area contributed by atoms with Gasteiger partial charge in [-0.1, -0.05) is 37.1 Å². The SMILES string of the molecule is COc1cccc(-c2nc(CSc3nnc(C4CCCCC4)o3)cs2)c1OC. The molecule has 28 heavy (non-hydrogen) atoms. The molecular formula is C20H23N3O3S2. The van der Waals surface area contributed by atoms with Crippen LogP contribution in [0.25, 0.3) is 10.6 Å². The Morgan fingerprint density at radius 1 is 1.14 bits per heavy atom. The van der Waals surface area contributed by atoms with Gasteiger partial charge in [-0.3, -0.25) is 0 Å². The van der Waals surface area contributed by atoms with Crippen LogP contribution in [0.5, 0.6) is 11.5 Å². The van der Waals surface area contributed by atoms with Gasteiger partial charge in [0, 0.05) is 17.1 Å². The zero-order valence-electron chi connectivity index (χ0n) is 16.0. The molecule has 1 aliphatic carbocycles. The van der Waals surface area contributed by atoms with Crippen LogP contribution in [0.1, 0.15) is 49.6 Å². The average molecular weight is 418 g/mol. The van der Waals surface area contributed by atoms with Crippen molar-refractivity contribution in [3.63, 3.8) is 0 Å². The predicted octanol–water partition coefficient (Wildman–Crippen LogP) is 5.55. The second-order valence-electron chi connectivity index (χ2n) is 6.71. The molecule has 0 saturated heterocycles. The Hall–Kier alpha value is -2.06. The molecule has 0 N–H and O–H groups in total. The summed E-state index contributed by atoms with van der Waals surface area (Å²) in [5.74, 6) is 3.32. The van der Waals surface area contributed by atoms with Crippen LogP contribution in [0, 0.1) is 0 Å². The van der Waals surface area contributed by atoms with Crippen LogP contribution in [-0.2, 0) is 5.75 Å². The number of rotatable bonds is 7. The highest BCUT2D eigenvalue weighted by Gasteiger charge is 2.21. The van der Waals surface area contributed by atoms with Crippen molar-refractivity contribution >= 4 is 23.1 Å². The number of thioether (sulfide) groups is 1. The number of nitrogens with zero attached hydrogens (tertiary/aromatic N) is 3. The third-order valence-corrected chi connectivity index (χ3v) is 6.68. The van der Waals surface area contributed by atoms with Crippen LogP contribution in [0.3, 0.4) is 0 Å². The van der Waals surface area contributed by atoms with Crippen molar-refractivity contribution in [1.82, 2.24) is 15.2 Å². The first-order valence-corrected chi connectivity index (χ1v) is 11.3. The van der Waals surface area contributed by atoms with Crippen LogP contribution in [0.4, 0.5) is 0 Å². The van der Waals surface area contributed by atoms with Gasteiger partial charge in [0.05, 0.1) is 25.5 Å². The fraction of sp³-hybridized carbons (Fsp3) is 0.450. The second-order valence-corrected chi connectivity index (χ2v) is 8.50. The third-order valence-electron chi connectivity index (χ3n) is 4.91. The molecule has 1 fully saturated rings. The summed E-state index contributed by atoms with van der Waals surface area (Å²) in [5, 5.41) is 12.0. The minimum Gasteiger partial charge on any atom is -0.493 e. The van der Waals surface area contributed by atoms with Gasteiger partial charge in [0.15, 0.2) is 11.5 Å². The standard InChI is InChI=1S/C20H23N3O3S2/c1-24-16-10-6-9-15(17(16)25-2)19-21-14(11-27-19)12-28-20-23-22-18(26-20)13-7-4-3-5-8-13/h6,9-11,13H,3-5,7-8,12H2,1-2H3. The zero-order valence-corrected chi connectivity index (χ0v) is 17.6. The molecule has 8 heteroatoms. The topological polar surface area (TPSA) is 70.3 Å². The fourth-order valence-electron chi connectivity index (χ4n) is 3.48. The van der Waals surface area contributed by atoms with E-state index >= 15 is 0 Å². The lowest BCUT2D eigenvalue weighted by molar-refractivity contribution is 0.334. The summed E-state index contributed by atoms with van der Waals surface area (Å²) >= 11 is 3.12. The minimum atomic E-state index is 0.432.